The summed E-state index contributed by atoms with van der Waals surface area (Å²) in [5, 5.41) is 5.88. The van der Waals surface area contributed by atoms with Crippen molar-refractivity contribution in [3.8, 4) is 0 Å². The van der Waals surface area contributed by atoms with Gasteiger partial charge in [0.05, 0.1) is 32.6 Å². The molecule has 2 unspecified atom stereocenters. The number of nitrogens with one attached hydrogen (secondary N) is 2. The van der Waals surface area contributed by atoms with Crippen molar-refractivity contribution in [1.29, 1.82) is 0 Å². The largest absolute Gasteiger partial charge is 0.354 e. The van der Waals surface area contributed by atoms with Crippen molar-refractivity contribution in [2.75, 3.05) is 0 Å². The summed E-state index contributed by atoms with van der Waals surface area (Å²) in [4.78, 5) is 13.9. The van der Waals surface area contributed by atoms with Crippen LogP contribution in [0, 0.1) is 0 Å². The molecule has 1 saturated heterocycles. The lowest BCUT2D eigenvalue weighted by Crippen LogP contribution is -2.31. The maximum atomic E-state index is 5.12. The van der Waals surface area contributed by atoms with Crippen molar-refractivity contribution in [3.63, 3.8) is 0 Å². The van der Waals surface area contributed by atoms with Crippen molar-refractivity contribution in [2.45, 2.75) is 24.9 Å². The minimum Gasteiger partial charge on any atom is -0.354 e. The Labute approximate surface area is 238 Å². The van der Waals surface area contributed by atoms with Crippen molar-refractivity contribution < 1.29 is 0 Å². The predicted molar refractivity (Wildman–Crippen MR) is 164 cm³/mol. The van der Waals surface area contributed by atoms with Crippen molar-refractivity contribution >= 4 is 58.9 Å². The fourth-order valence-electron chi connectivity index (χ4n) is 5.62. The molecule has 8 bridgehead atoms. The molecule has 6 heteroatoms. The fraction of sp³-hybridized carbons (Fsp3) is 0.125. The second-order valence-electron chi connectivity index (χ2n) is 9.75. The van der Waals surface area contributed by atoms with E-state index in [2.05, 4.69) is 133 Å². The van der Waals surface area contributed by atoms with E-state index in [0.717, 1.165) is 66.5 Å². The molecule has 7 rings (SSSR count). The molecule has 0 radical (unpaired) electrons. The van der Waals surface area contributed by atoms with Crippen molar-refractivity contribution in [3.05, 3.63) is 135 Å². The average Bonchev–Trinajstić information content (AvgIpc) is 3.77. The van der Waals surface area contributed by atoms with E-state index in [1.807, 2.05) is 6.07 Å². The molecule has 1 fully saturated rings. The van der Waals surface area contributed by atoms with E-state index < -0.39 is 0 Å². The van der Waals surface area contributed by atoms with Crippen LogP contribution >= 0.6 is 31.9 Å². The summed E-state index contributed by atoms with van der Waals surface area (Å²) in [6.45, 7) is 0. The lowest BCUT2D eigenvalue weighted by Gasteiger charge is -2.20. The number of hydrogen-bond acceptors (Lipinski definition) is 3. The highest BCUT2D eigenvalue weighted by Crippen LogP contribution is 2.37. The van der Waals surface area contributed by atoms with Crippen LogP contribution in [0.5, 0.6) is 0 Å². The van der Waals surface area contributed by atoms with Crippen LogP contribution < -0.4 is 16.0 Å². The number of nitrogens with zero attached hydrogens (tertiary/aromatic N) is 2. The standard InChI is InChI=1S/C32H24Br2N4/c33-31-25-15-11-21(35-25)29(19-7-3-1-4-8-19)22-12-16-26(36-22)32(34)28-18-14-24(38-28)30(20-9-5-2-6-10-20)23-13-17-27(31)37-23/h1-13,15-17,24,28,35,38H,14,18H2/b29-21-,30-23-,31-25+,32-26+. The summed E-state index contributed by atoms with van der Waals surface area (Å²) in [7, 11) is 0. The molecule has 0 amide bonds. The molecular formula is C32H24Br2N4. The van der Waals surface area contributed by atoms with Crippen LogP contribution in [0.25, 0.3) is 15.6 Å². The molecule has 5 heterocycles. The summed E-state index contributed by atoms with van der Waals surface area (Å²) in [5.41, 5.74) is 8.44. The van der Waals surface area contributed by atoms with Gasteiger partial charge in [-0.15, -0.1) is 0 Å². The van der Waals surface area contributed by atoms with Gasteiger partial charge in [-0.2, -0.15) is 0 Å². The predicted octanol–water partition coefficient (Wildman–Crippen LogP) is 5.89. The number of aromatic amines is 1. The van der Waals surface area contributed by atoms with Crippen LogP contribution in [0.4, 0.5) is 0 Å². The molecular weight excluding hydrogens is 600 g/mol. The Hall–Kier alpha value is -3.32. The zero-order valence-corrected chi connectivity index (χ0v) is 23.6. The molecule has 0 saturated carbocycles. The van der Waals surface area contributed by atoms with Gasteiger partial charge in [-0.1, -0.05) is 76.6 Å². The van der Waals surface area contributed by atoms with Crippen LogP contribution in [0.3, 0.4) is 0 Å². The highest BCUT2D eigenvalue weighted by Gasteiger charge is 2.32. The Balaban J connectivity index is 1.50. The maximum absolute atomic E-state index is 5.12. The maximum Gasteiger partial charge on any atom is 0.0800 e. The third-order valence-electron chi connectivity index (χ3n) is 7.42. The minimum absolute atomic E-state index is 0.180. The van der Waals surface area contributed by atoms with Gasteiger partial charge in [-0.25, -0.2) is 9.98 Å². The fourth-order valence-corrected chi connectivity index (χ4v) is 6.65. The lowest BCUT2D eigenvalue weighted by molar-refractivity contribution is 0.671. The highest BCUT2D eigenvalue weighted by molar-refractivity contribution is 9.15. The van der Waals surface area contributed by atoms with Crippen molar-refractivity contribution in [2.24, 2.45) is 9.98 Å². The first-order chi connectivity index (χ1) is 18.7. The van der Waals surface area contributed by atoms with Gasteiger partial charge in [0.1, 0.15) is 0 Å². The summed E-state index contributed by atoms with van der Waals surface area (Å²) in [6, 6.07) is 25.6. The third kappa shape index (κ3) is 4.17. The van der Waals surface area contributed by atoms with E-state index in [1.165, 1.54) is 11.1 Å². The third-order valence-corrected chi connectivity index (χ3v) is 9.21. The Kier molecular flexibility index (Phi) is 6.11. The zero-order valence-electron chi connectivity index (χ0n) is 20.5. The number of allylic oxidation sites excluding steroid dienone is 4. The molecule has 1 aromatic heterocycles. The van der Waals surface area contributed by atoms with Crippen LogP contribution in [-0.2, 0) is 0 Å². The molecule has 0 spiro atoms. The number of H-pyrrole nitrogens is 1. The number of fused-ring (bicyclic) bond motifs is 6. The topological polar surface area (TPSA) is 52.5 Å². The number of aliphatic imine (C=N–C) groups is 2. The van der Waals surface area contributed by atoms with Crippen LogP contribution in [0.15, 0.2) is 123 Å². The van der Waals surface area contributed by atoms with Crippen molar-refractivity contribution in [1.82, 2.24) is 10.3 Å². The number of benzene rings is 2. The van der Waals surface area contributed by atoms with E-state index >= 15 is 0 Å². The Bertz CT molecular complexity index is 1750. The lowest BCUT2D eigenvalue weighted by atomic mass is 9.95. The molecule has 0 aliphatic carbocycles. The SMILES string of the molecule is Br/C1=C2\C=CC(=N2)/C(c2ccccc2)=c2/cc/c([nH]2)=C(\Br)C2=N/C(=C(/c3ccccc3)C3CCC1N3)C=C2. The Morgan fingerprint density at radius 1 is 0.632 bits per heavy atom. The molecule has 4 aliphatic heterocycles. The number of halogens is 2. The number of hydrogen-bond donors (Lipinski definition) is 2. The summed E-state index contributed by atoms with van der Waals surface area (Å²) < 4.78 is 2.03. The molecule has 2 atom stereocenters. The quantitative estimate of drug-likeness (QED) is 0.368. The van der Waals surface area contributed by atoms with E-state index in [4.69, 9.17) is 9.98 Å². The van der Waals surface area contributed by atoms with Crippen LogP contribution in [0.2, 0.25) is 0 Å². The van der Waals surface area contributed by atoms with Gasteiger partial charge < -0.3 is 10.3 Å². The molecule has 3 aromatic rings. The van der Waals surface area contributed by atoms with E-state index in [-0.39, 0.29) is 12.1 Å². The van der Waals surface area contributed by atoms with Gasteiger partial charge in [0.25, 0.3) is 0 Å². The second-order valence-corrected chi connectivity index (χ2v) is 11.4. The van der Waals surface area contributed by atoms with Gasteiger partial charge in [0.2, 0.25) is 0 Å². The average molecular weight is 624 g/mol. The van der Waals surface area contributed by atoms with E-state index in [1.54, 1.807) is 0 Å². The first-order valence-corrected chi connectivity index (χ1v) is 14.4. The second kappa shape index (κ2) is 9.77. The molecule has 2 N–H and O–H groups in total. The summed E-state index contributed by atoms with van der Waals surface area (Å²) >= 11 is 7.78. The highest BCUT2D eigenvalue weighted by atomic mass is 79.9. The first kappa shape index (κ1) is 23.8. The van der Waals surface area contributed by atoms with Crippen LogP contribution in [0.1, 0.15) is 24.0 Å². The van der Waals surface area contributed by atoms with E-state index in [9.17, 15) is 0 Å². The Morgan fingerprint density at radius 3 is 2.05 bits per heavy atom. The van der Waals surface area contributed by atoms with Crippen LogP contribution in [-0.4, -0.2) is 28.5 Å². The van der Waals surface area contributed by atoms with Gasteiger partial charge in [-0.05, 0) is 76.3 Å². The number of aromatic nitrogens is 1. The summed E-state index contributed by atoms with van der Waals surface area (Å²) in [5.74, 6) is 0. The molecule has 4 nitrogen and oxygen atoms in total. The monoisotopic (exact) mass is 622 g/mol. The van der Waals surface area contributed by atoms with Gasteiger partial charge in [0.15, 0.2) is 0 Å². The van der Waals surface area contributed by atoms with Gasteiger partial charge >= 0.3 is 0 Å². The van der Waals surface area contributed by atoms with E-state index in [0.29, 0.717) is 0 Å². The normalized spacial score (nSPS) is 29.1. The Morgan fingerprint density at radius 2 is 1.26 bits per heavy atom. The molecule has 2 aromatic carbocycles. The number of rotatable bonds is 2. The summed E-state index contributed by atoms with van der Waals surface area (Å²) in [6.07, 6.45) is 10.5. The minimum atomic E-state index is 0.180. The van der Waals surface area contributed by atoms with Gasteiger partial charge in [-0.3, -0.25) is 0 Å². The first-order valence-electron chi connectivity index (χ1n) is 12.8. The molecule has 186 valence electrons. The zero-order chi connectivity index (χ0) is 25.6. The van der Waals surface area contributed by atoms with Gasteiger partial charge in [0, 0.05) is 33.1 Å². The molecule has 38 heavy (non-hydrogen) atoms. The molecule has 4 aliphatic rings. The smallest absolute Gasteiger partial charge is 0.0800 e.